The Morgan fingerprint density at radius 1 is 1.58 bits per heavy atom. The van der Waals surface area contributed by atoms with Crippen LogP contribution in [-0.2, 0) is 9.84 Å². The van der Waals surface area contributed by atoms with E-state index in [9.17, 15) is 13.2 Å². The lowest BCUT2D eigenvalue weighted by Crippen LogP contribution is -2.36. The topological polar surface area (TPSA) is 80.5 Å². The Balaban J connectivity index is 1.87. The number of imidazole rings is 1. The summed E-state index contributed by atoms with van der Waals surface area (Å²) < 4.78 is 24.3. The summed E-state index contributed by atoms with van der Waals surface area (Å²) in [6.45, 7) is 1.76. The van der Waals surface area contributed by atoms with E-state index in [1.165, 1.54) is 17.4 Å². The van der Waals surface area contributed by atoms with Crippen LogP contribution in [0.4, 0.5) is 0 Å². The number of carbonyl (C=O) groups is 1. The molecule has 0 unspecified atom stereocenters. The van der Waals surface area contributed by atoms with Gasteiger partial charge in [-0.3, -0.25) is 9.20 Å². The molecule has 0 saturated heterocycles. The zero-order chi connectivity index (χ0) is 13.6. The van der Waals surface area contributed by atoms with E-state index >= 15 is 0 Å². The van der Waals surface area contributed by atoms with E-state index in [1.54, 1.807) is 17.5 Å². The van der Waals surface area contributed by atoms with Crippen LogP contribution in [0.5, 0.6) is 0 Å². The third-order valence-corrected chi connectivity index (χ3v) is 5.05. The summed E-state index contributed by atoms with van der Waals surface area (Å²) in [4.78, 5) is 17.2. The highest BCUT2D eigenvalue weighted by Crippen LogP contribution is 2.17. The highest BCUT2D eigenvalue weighted by Gasteiger charge is 2.25. The predicted molar refractivity (Wildman–Crippen MR) is 72.0 cm³/mol. The first kappa shape index (κ1) is 12.4. The van der Waals surface area contributed by atoms with Gasteiger partial charge in [0, 0.05) is 17.0 Å². The van der Waals surface area contributed by atoms with Crippen molar-refractivity contribution in [2.75, 3.05) is 5.75 Å². The Labute approximate surface area is 113 Å². The molecule has 2 aromatic heterocycles. The average molecular weight is 297 g/mol. The number of sulfone groups is 1. The average Bonchev–Trinajstić information content (AvgIpc) is 2.92. The van der Waals surface area contributed by atoms with Crippen molar-refractivity contribution in [1.29, 1.82) is 0 Å². The number of hydrogen-bond donors (Lipinski definition) is 1. The fraction of sp³-hybridized carbons (Fsp3) is 0.273. The van der Waals surface area contributed by atoms with Crippen LogP contribution in [0.15, 0.2) is 23.1 Å². The van der Waals surface area contributed by atoms with Crippen molar-refractivity contribution in [2.24, 2.45) is 0 Å². The van der Waals surface area contributed by atoms with Gasteiger partial charge in [0.05, 0.1) is 17.5 Å². The second kappa shape index (κ2) is 4.17. The van der Waals surface area contributed by atoms with Gasteiger partial charge in [0.2, 0.25) is 0 Å². The van der Waals surface area contributed by atoms with Gasteiger partial charge in [-0.05, 0) is 13.0 Å². The van der Waals surface area contributed by atoms with Crippen LogP contribution in [0.25, 0.3) is 4.96 Å². The highest BCUT2D eigenvalue weighted by atomic mass is 32.2. The van der Waals surface area contributed by atoms with Crippen molar-refractivity contribution in [3.63, 3.8) is 0 Å². The van der Waals surface area contributed by atoms with E-state index in [0.29, 0.717) is 11.4 Å². The fourth-order valence-electron chi connectivity index (χ4n) is 2.07. The first-order chi connectivity index (χ1) is 8.96. The molecule has 100 valence electrons. The molecule has 1 aliphatic heterocycles. The van der Waals surface area contributed by atoms with Crippen molar-refractivity contribution >= 4 is 32.0 Å². The minimum Gasteiger partial charge on any atom is -0.343 e. The third kappa shape index (κ3) is 2.17. The van der Waals surface area contributed by atoms with Gasteiger partial charge >= 0.3 is 0 Å². The number of amides is 1. The zero-order valence-electron chi connectivity index (χ0n) is 10.0. The maximum Gasteiger partial charge on any atom is 0.270 e. The van der Waals surface area contributed by atoms with Crippen LogP contribution in [0.2, 0.25) is 0 Å². The molecule has 0 aromatic carbocycles. The van der Waals surface area contributed by atoms with E-state index in [2.05, 4.69) is 10.3 Å². The second-order valence-electron chi connectivity index (χ2n) is 4.34. The number of rotatable bonds is 2. The van der Waals surface area contributed by atoms with Crippen molar-refractivity contribution < 1.29 is 13.2 Å². The molecule has 8 heteroatoms. The smallest absolute Gasteiger partial charge is 0.270 e. The second-order valence-corrected chi connectivity index (χ2v) is 7.14. The molecule has 1 N–H and O–H groups in total. The Kier molecular flexibility index (Phi) is 2.72. The van der Waals surface area contributed by atoms with Crippen molar-refractivity contribution in [2.45, 2.75) is 13.0 Å². The van der Waals surface area contributed by atoms with Gasteiger partial charge in [0.25, 0.3) is 5.91 Å². The van der Waals surface area contributed by atoms with E-state index in [4.69, 9.17) is 0 Å². The van der Waals surface area contributed by atoms with Gasteiger partial charge in [-0.1, -0.05) is 0 Å². The molecule has 0 fully saturated rings. The maximum absolute atomic E-state index is 12.2. The molecule has 6 nitrogen and oxygen atoms in total. The molecule has 1 aliphatic rings. The summed E-state index contributed by atoms with van der Waals surface area (Å²) in [5, 5.41) is 5.68. The standard InChI is InChI=1S/C11H11N3O3S2/c1-7-9(14-3-4-18-11(14)12-7)10(15)13-8-2-5-19(16,17)6-8/h2-5,8H,6H2,1H3,(H,13,15)/t8-/m1/s1. The maximum atomic E-state index is 12.2. The van der Waals surface area contributed by atoms with Crippen LogP contribution in [0.3, 0.4) is 0 Å². The van der Waals surface area contributed by atoms with Gasteiger partial charge in [-0.2, -0.15) is 0 Å². The fourth-order valence-corrected chi connectivity index (χ4v) is 4.06. The van der Waals surface area contributed by atoms with Crippen LogP contribution < -0.4 is 5.32 Å². The number of hydrogen-bond acceptors (Lipinski definition) is 5. The SMILES string of the molecule is Cc1nc2sccn2c1C(=O)N[C@@H]1C=CS(=O)(=O)C1. The largest absolute Gasteiger partial charge is 0.343 e. The monoisotopic (exact) mass is 297 g/mol. The summed E-state index contributed by atoms with van der Waals surface area (Å²) in [5.41, 5.74) is 1.09. The summed E-state index contributed by atoms with van der Waals surface area (Å²) in [5.74, 6) is -0.390. The number of nitrogens with one attached hydrogen (secondary N) is 1. The molecule has 3 heterocycles. The van der Waals surface area contributed by atoms with Gasteiger partial charge in [-0.15, -0.1) is 11.3 Å². The van der Waals surface area contributed by atoms with Crippen LogP contribution >= 0.6 is 11.3 Å². The molecule has 0 aliphatic carbocycles. The van der Waals surface area contributed by atoms with E-state index in [-0.39, 0.29) is 11.7 Å². The minimum atomic E-state index is -3.17. The first-order valence-corrected chi connectivity index (χ1v) is 8.20. The van der Waals surface area contributed by atoms with Crippen LogP contribution in [0, 0.1) is 6.92 Å². The number of aromatic nitrogens is 2. The first-order valence-electron chi connectivity index (χ1n) is 5.60. The van der Waals surface area contributed by atoms with Crippen molar-refractivity contribution in [1.82, 2.24) is 14.7 Å². The lowest BCUT2D eigenvalue weighted by Gasteiger charge is -2.09. The predicted octanol–water partition coefficient (Wildman–Crippen LogP) is 0.745. The molecule has 0 radical (unpaired) electrons. The zero-order valence-corrected chi connectivity index (χ0v) is 11.7. The molecule has 2 aromatic rings. The normalized spacial score (nSPS) is 21.0. The molecule has 0 saturated carbocycles. The number of aryl methyl sites for hydroxylation is 1. The quantitative estimate of drug-likeness (QED) is 0.886. The van der Waals surface area contributed by atoms with Gasteiger partial charge in [0.15, 0.2) is 14.8 Å². The number of thiazole rings is 1. The van der Waals surface area contributed by atoms with Crippen molar-refractivity contribution in [3.8, 4) is 0 Å². The Bertz CT molecular complexity index is 785. The molecule has 1 amide bonds. The highest BCUT2D eigenvalue weighted by molar-refractivity contribution is 7.94. The van der Waals surface area contributed by atoms with Crippen molar-refractivity contribution in [3.05, 3.63) is 34.4 Å². The molecular weight excluding hydrogens is 286 g/mol. The summed E-state index contributed by atoms with van der Waals surface area (Å²) >= 11 is 1.44. The number of carbonyl (C=O) groups excluding carboxylic acids is 1. The summed E-state index contributed by atoms with van der Waals surface area (Å²) in [6, 6.07) is -0.471. The minimum absolute atomic E-state index is 0.0800. The van der Waals surface area contributed by atoms with Gasteiger partial charge in [-0.25, -0.2) is 13.4 Å². The number of fused-ring (bicyclic) bond motifs is 1. The Hall–Kier alpha value is -1.67. The Morgan fingerprint density at radius 3 is 3.05 bits per heavy atom. The molecule has 19 heavy (non-hydrogen) atoms. The third-order valence-electron chi connectivity index (χ3n) is 2.90. The molecule has 0 bridgehead atoms. The van der Waals surface area contributed by atoms with Crippen LogP contribution in [0.1, 0.15) is 16.2 Å². The summed E-state index contributed by atoms with van der Waals surface area (Å²) in [7, 11) is -3.17. The van der Waals surface area contributed by atoms with E-state index in [0.717, 1.165) is 10.4 Å². The molecule has 1 atom stereocenters. The van der Waals surface area contributed by atoms with Gasteiger partial charge < -0.3 is 5.32 Å². The van der Waals surface area contributed by atoms with Crippen LogP contribution in [-0.4, -0.2) is 35.5 Å². The van der Waals surface area contributed by atoms with Gasteiger partial charge in [0.1, 0.15) is 5.69 Å². The van der Waals surface area contributed by atoms with E-state index in [1.807, 2.05) is 5.38 Å². The Morgan fingerprint density at radius 2 is 2.37 bits per heavy atom. The molecule has 3 rings (SSSR count). The molecular formula is C11H11N3O3S2. The van der Waals surface area contributed by atoms with E-state index < -0.39 is 15.9 Å². The lowest BCUT2D eigenvalue weighted by molar-refractivity contribution is 0.0941. The number of nitrogens with zero attached hydrogens (tertiary/aromatic N) is 2. The lowest BCUT2D eigenvalue weighted by atomic mass is 10.3. The summed E-state index contributed by atoms with van der Waals surface area (Å²) in [6.07, 6.45) is 3.27. The molecule has 0 spiro atoms.